The van der Waals surface area contributed by atoms with Crippen LogP contribution < -0.4 is 0 Å². The molecule has 1 aromatic heterocycles. The zero-order valence-electron chi connectivity index (χ0n) is 11.9. The second-order valence-electron chi connectivity index (χ2n) is 6.82. The molecule has 2 saturated carbocycles. The SMILES string of the molecule is CC1(C)[C@H]2CC[C@@]1(C)[C@@H](OC(=O)Cn1ccnc1)C2. The van der Waals surface area contributed by atoms with Gasteiger partial charge >= 0.3 is 5.97 Å². The molecule has 4 nitrogen and oxygen atoms in total. The van der Waals surface area contributed by atoms with Crippen molar-refractivity contribution in [3.05, 3.63) is 18.7 Å². The maximum atomic E-state index is 12.0. The minimum Gasteiger partial charge on any atom is -0.460 e. The van der Waals surface area contributed by atoms with Gasteiger partial charge in [0.2, 0.25) is 0 Å². The molecular formula is C15H22N2O2. The molecule has 1 aromatic rings. The van der Waals surface area contributed by atoms with E-state index in [0.717, 1.165) is 6.42 Å². The van der Waals surface area contributed by atoms with Gasteiger partial charge in [-0.1, -0.05) is 20.8 Å². The van der Waals surface area contributed by atoms with E-state index in [-0.39, 0.29) is 29.4 Å². The molecule has 0 aliphatic heterocycles. The minimum atomic E-state index is -0.146. The number of imidazole rings is 1. The molecule has 0 spiro atoms. The van der Waals surface area contributed by atoms with Gasteiger partial charge in [0.05, 0.1) is 6.33 Å². The van der Waals surface area contributed by atoms with Crippen LogP contribution in [0.3, 0.4) is 0 Å². The number of aromatic nitrogens is 2. The Hall–Kier alpha value is -1.32. The van der Waals surface area contributed by atoms with E-state index in [4.69, 9.17) is 4.74 Å². The van der Waals surface area contributed by atoms with Crippen LogP contribution in [-0.4, -0.2) is 21.6 Å². The summed E-state index contributed by atoms with van der Waals surface area (Å²) >= 11 is 0. The maximum Gasteiger partial charge on any atom is 0.326 e. The molecule has 3 atom stereocenters. The van der Waals surface area contributed by atoms with Crippen molar-refractivity contribution < 1.29 is 9.53 Å². The molecule has 0 radical (unpaired) electrons. The average Bonchev–Trinajstić information content (AvgIpc) is 2.95. The van der Waals surface area contributed by atoms with Gasteiger partial charge in [-0.2, -0.15) is 0 Å². The van der Waals surface area contributed by atoms with E-state index < -0.39 is 0 Å². The van der Waals surface area contributed by atoms with Gasteiger partial charge in [-0.3, -0.25) is 4.79 Å². The summed E-state index contributed by atoms with van der Waals surface area (Å²) in [5.74, 6) is 0.552. The molecule has 0 aromatic carbocycles. The standard InChI is InChI=1S/C15H22N2O2/c1-14(2)11-4-5-15(14,3)12(8-11)19-13(18)9-17-7-6-16-10-17/h6-7,10-12H,4-5,8-9H2,1-3H3/t11-,12-,15-/m0/s1. The van der Waals surface area contributed by atoms with Gasteiger partial charge in [-0.15, -0.1) is 0 Å². The lowest BCUT2D eigenvalue weighted by atomic mass is 9.70. The van der Waals surface area contributed by atoms with Crippen LogP contribution in [0.1, 0.15) is 40.0 Å². The molecule has 1 heterocycles. The molecule has 0 saturated heterocycles. The third kappa shape index (κ3) is 1.80. The molecule has 2 aliphatic rings. The molecule has 2 fully saturated rings. The molecule has 0 amide bonds. The van der Waals surface area contributed by atoms with Gasteiger partial charge in [0, 0.05) is 17.8 Å². The fourth-order valence-corrected chi connectivity index (χ4v) is 4.03. The van der Waals surface area contributed by atoms with Crippen LogP contribution in [0.5, 0.6) is 0 Å². The highest BCUT2D eigenvalue weighted by Gasteiger charge is 2.62. The zero-order valence-corrected chi connectivity index (χ0v) is 11.9. The fourth-order valence-electron chi connectivity index (χ4n) is 4.03. The highest BCUT2D eigenvalue weighted by Crippen LogP contribution is 2.66. The van der Waals surface area contributed by atoms with E-state index in [1.807, 2.05) is 0 Å². The lowest BCUT2D eigenvalue weighted by Crippen LogP contribution is -2.38. The molecule has 2 bridgehead atoms. The Balaban J connectivity index is 1.67. The Bertz CT molecular complexity index is 480. The summed E-state index contributed by atoms with van der Waals surface area (Å²) in [5.41, 5.74) is 0.426. The van der Waals surface area contributed by atoms with Gasteiger partial charge < -0.3 is 9.30 Å². The summed E-state index contributed by atoms with van der Waals surface area (Å²) in [6.07, 6.45) is 8.67. The first-order valence-electron chi connectivity index (χ1n) is 7.09. The van der Waals surface area contributed by atoms with E-state index in [0.29, 0.717) is 5.92 Å². The predicted molar refractivity (Wildman–Crippen MR) is 71.3 cm³/mol. The lowest BCUT2D eigenvalue weighted by molar-refractivity contribution is -0.157. The summed E-state index contributed by atoms with van der Waals surface area (Å²) in [6, 6.07) is 0. The van der Waals surface area contributed by atoms with Gasteiger partial charge in [0.1, 0.15) is 12.6 Å². The van der Waals surface area contributed by atoms with Crippen molar-refractivity contribution in [2.75, 3.05) is 0 Å². The molecule has 3 rings (SSSR count). The highest BCUT2D eigenvalue weighted by molar-refractivity contribution is 5.69. The monoisotopic (exact) mass is 262 g/mol. The van der Waals surface area contributed by atoms with Crippen LogP contribution in [0.2, 0.25) is 0 Å². The highest BCUT2D eigenvalue weighted by atomic mass is 16.5. The molecule has 19 heavy (non-hydrogen) atoms. The van der Waals surface area contributed by atoms with E-state index >= 15 is 0 Å². The van der Waals surface area contributed by atoms with E-state index in [9.17, 15) is 4.79 Å². The average molecular weight is 262 g/mol. The normalized spacial score (nSPS) is 35.5. The van der Waals surface area contributed by atoms with E-state index in [2.05, 4.69) is 25.8 Å². The Morgan fingerprint density at radius 3 is 2.79 bits per heavy atom. The van der Waals surface area contributed by atoms with Crippen molar-refractivity contribution in [3.63, 3.8) is 0 Å². The molecule has 0 N–H and O–H groups in total. The zero-order chi connectivity index (χ0) is 13.7. The summed E-state index contributed by atoms with van der Waals surface area (Å²) in [7, 11) is 0. The van der Waals surface area contributed by atoms with Crippen LogP contribution in [0, 0.1) is 16.7 Å². The number of esters is 1. The molecular weight excluding hydrogens is 240 g/mol. The predicted octanol–water partition coefficient (Wildman–Crippen LogP) is 2.64. The number of ether oxygens (including phenoxy) is 1. The Morgan fingerprint density at radius 1 is 1.47 bits per heavy atom. The van der Waals surface area contributed by atoms with Crippen molar-refractivity contribution in [1.82, 2.24) is 9.55 Å². The van der Waals surface area contributed by atoms with Gasteiger partial charge in [-0.25, -0.2) is 4.98 Å². The van der Waals surface area contributed by atoms with Crippen molar-refractivity contribution >= 4 is 5.97 Å². The minimum absolute atomic E-state index is 0.0808. The quantitative estimate of drug-likeness (QED) is 0.787. The number of carbonyl (C=O) groups is 1. The summed E-state index contributed by atoms with van der Waals surface area (Å²) in [4.78, 5) is 16.0. The lowest BCUT2D eigenvalue weighted by Gasteiger charge is -2.38. The molecule has 4 heteroatoms. The van der Waals surface area contributed by atoms with Crippen molar-refractivity contribution in [2.24, 2.45) is 16.7 Å². The van der Waals surface area contributed by atoms with Crippen LogP contribution in [0.25, 0.3) is 0 Å². The van der Waals surface area contributed by atoms with Crippen LogP contribution in [0.4, 0.5) is 0 Å². The van der Waals surface area contributed by atoms with E-state index in [1.54, 1.807) is 23.3 Å². The smallest absolute Gasteiger partial charge is 0.326 e. The number of fused-ring (bicyclic) bond motifs is 2. The first kappa shape index (κ1) is 12.7. The Labute approximate surface area is 114 Å². The first-order valence-corrected chi connectivity index (χ1v) is 7.09. The number of nitrogens with zero attached hydrogens (tertiary/aromatic N) is 2. The van der Waals surface area contributed by atoms with Gasteiger partial charge in [0.25, 0.3) is 0 Å². The molecule has 0 unspecified atom stereocenters. The van der Waals surface area contributed by atoms with E-state index in [1.165, 1.54) is 12.8 Å². The van der Waals surface area contributed by atoms with Crippen LogP contribution >= 0.6 is 0 Å². The van der Waals surface area contributed by atoms with Crippen LogP contribution in [0.15, 0.2) is 18.7 Å². The van der Waals surface area contributed by atoms with Gasteiger partial charge in [-0.05, 0) is 30.6 Å². The first-order chi connectivity index (χ1) is 8.93. The molecule has 2 aliphatic carbocycles. The van der Waals surface area contributed by atoms with Crippen molar-refractivity contribution in [1.29, 1.82) is 0 Å². The van der Waals surface area contributed by atoms with Crippen LogP contribution in [-0.2, 0) is 16.1 Å². The third-order valence-corrected chi connectivity index (χ3v) is 5.86. The summed E-state index contributed by atoms with van der Waals surface area (Å²) in [6.45, 7) is 7.20. The van der Waals surface area contributed by atoms with Gasteiger partial charge in [0.15, 0.2) is 0 Å². The molecule has 104 valence electrons. The maximum absolute atomic E-state index is 12.0. The second-order valence-corrected chi connectivity index (χ2v) is 6.82. The number of carbonyl (C=O) groups excluding carboxylic acids is 1. The van der Waals surface area contributed by atoms with Crippen molar-refractivity contribution in [3.8, 4) is 0 Å². The Morgan fingerprint density at radius 2 is 2.26 bits per heavy atom. The Kier molecular flexibility index (Phi) is 2.73. The summed E-state index contributed by atoms with van der Waals surface area (Å²) < 4.78 is 7.52. The number of hydrogen-bond donors (Lipinski definition) is 0. The second kappa shape index (κ2) is 4.09. The summed E-state index contributed by atoms with van der Waals surface area (Å²) in [5, 5.41) is 0. The largest absolute Gasteiger partial charge is 0.460 e. The van der Waals surface area contributed by atoms with Crippen molar-refractivity contribution in [2.45, 2.75) is 52.7 Å². The number of rotatable bonds is 3. The topological polar surface area (TPSA) is 44.1 Å². The fraction of sp³-hybridized carbons (Fsp3) is 0.733. The number of hydrogen-bond acceptors (Lipinski definition) is 3. The third-order valence-electron chi connectivity index (χ3n) is 5.86.